The van der Waals surface area contributed by atoms with Crippen molar-refractivity contribution in [2.45, 2.75) is 12.8 Å². The van der Waals surface area contributed by atoms with Crippen LogP contribution in [0.15, 0.2) is 60.9 Å². The molecule has 7 nitrogen and oxygen atoms in total. The average molecular weight is 427 g/mol. The van der Waals surface area contributed by atoms with Gasteiger partial charge in [0.05, 0.1) is 0 Å². The first-order chi connectivity index (χ1) is 14.4. The summed E-state index contributed by atoms with van der Waals surface area (Å²) in [5.74, 6) is -0.830. The lowest BCUT2D eigenvalue weighted by Gasteiger charge is -2.26. The summed E-state index contributed by atoms with van der Waals surface area (Å²) in [6.07, 6.45) is 2.04. The molecule has 3 aromatic rings. The summed E-state index contributed by atoms with van der Waals surface area (Å²) in [5, 5.41) is 0.242. The molecule has 2 amide bonds. The van der Waals surface area contributed by atoms with Crippen LogP contribution in [0.2, 0.25) is 5.15 Å². The Kier molecular flexibility index (Phi) is 5.09. The van der Waals surface area contributed by atoms with E-state index in [0.717, 1.165) is 0 Å². The van der Waals surface area contributed by atoms with Crippen LogP contribution in [-0.4, -0.2) is 21.8 Å². The number of nitrogens with zero attached hydrogens (tertiary/aromatic N) is 3. The van der Waals surface area contributed by atoms with Crippen LogP contribution in [0, 0.1) is 11.2 Å². The van der Waals surface area contributed by atoms with Gasteiger partial charge in [-0.2, -0.15) is 0 Å². The summed E-state index contributed by atoms with van der Waals surface area (Å²) < 4.78 is 19.0. The number of halogens is 2. The monoisotopic (exact) mass is 426 g/mol. The number of aromatic nitrogens is 2. The standard InChI is InChI=1S/C21H16ClFN4O3/c22-17-11-18(26-12-25-17)30-16-7-5-15(6-8-16)27(14-3-1-13(23)2-4-14)20(29)21(9-10-21)19(24)28/h1-8,11-12H,9-10H2,(H2,24,28). The third-order valence-electron chi connectivity index (χ3n) is 4.84. The predicted molar refractivity (Wildman–Crippen MR) is 108 cm³/mol. The van der Waals surface area contributed by atoms with Gasteiger partial charge in [0.25, 0.3) is 0 Å². The van der Waals surface area contributed by atoms with Gasteiger partial charge in [-0.1, -0.05) is 11.6 Å². The molecule has 0 aliphatic heterocycles. The molecule has 1 heterocycles. The maximum Gasteiger partial charge on any atom is 0.247 e. The number of hydrogen-bond acceptors (Lipinski definition) is 5. The van der Waals surface area contributed by atoms with E-state index in [1.807, 2.05) is 0 Å². The van der Waals surface area contributed by atoms with Crippen molar-refractivity contribution in [3.05, 3.63) is 71.9 Å². The minimum Gasteiger partial charge on any atom is -0.439 e. The normalized spacial score (nSPS) is 14.1. The molecule has 1 aliphatic carbocycles. The fraction of sp³-hybridized carbons (Fsp3) is 0.143. The molecule has 2 aromatic carbocycles. The van der Waals surface area contributed by atoms with Gasteiger partial charge in [0.1, 0.15) is 28.5 Å². The van der Waals surface area contributed by atoms with Crippen LogP contribution in [-0.2, 0) is 9.59 Å². The number of carbonyl (C=O) groups is 2. The zero-order chi connectivity index (χ0) is 21.3. The Morgan fingerprint density at radius 3 is 2.17 bits per heavy atom. The Morgan fingerprint density at radius 2 is 1.63 bits per heavy atom. The summed E-state index contributed by atoms with van der Waals surface area (Å²) in [4.78, 5) is 34.3. The summed E-state index contributed by atoms with van der Waals surface area (Å²) in [6.45, 7) is 0. The fourth-order valence-corrected chi connectivity index (χ4v) is 3.17. The number of nitrogens with two attached hydrogens (primary N) is 1. The second-order valence-electron chi connectivity index (χ2n) is 6.84. The van der Waals surface area contributed by atoms with Gasteiger partial charge in [0.2, 0.25) is 17.7 Å². The summed E-state index contributed by atoms with van der Waals surface area (Å²) >= 11 is 5.83. The lowest BCUT2D eigenvalue weighted by molar-refractivity contribution is -0.133. The molecule has 1 fully saturated rings. The van der Waals surface area contributed by atoms with Gasteiger partial charge in [0.15, 0.2) is 0 Å². The van der Waals surface area contributed by atoms with Crippen LogP contribution in [0.4, 0.5) is 15.8 Å². The molecule has 1 saturated carbocycles. The quantitative estimate of drug-likeness (QED) is 0.474. The highest BCUT2D eigenvalue weighted by Gasteiger charge is 2.57. The molecule has 9 heteroatoms. The van der Waals surface area contributed by atoms with Crippen molar-refractivity contribution >= 4 is 34.8 Å². The van der Waals surface area contributed by atoms with E-state index in [2.05, 4.69) is 9.97 Å². The zero-order valence-corrected chi connectivity index (χ0v) is 16.3. The van der Waals surface area contributed by atoms with E-state index >= 15 is 0 Å². The van der Waals surface area contributed by atoms with Crippen molar-refractivity contribution in [2.24, 2.45) is 11.1 Å². The Labute approximate surface area is 176 Å². The number of anilines is 2. The molecule has 4 rings (SSSR count). The van der Waals surface area contributed by atoms with Crippen LogP contribution in [0.3, 0.4) is 0 Å². The number of benzene rings is 2. The number of primary amides is 1. The van der Waals surface area contributed by atoms with Crippen molar-refractivity contribution in [1.82, 2.24) is 9.97 Å². The van der Waals surface area contributed by atoms with Gasteiger partial charge in [-0.05, 0) is 61.4 Å². The highest BCUT2D eigenvalue weighted by molar-refractivity contribution is 6.29. The van der Waals surface area contributed by atoms with Crippen LogP contribution < -0.4 is 15.4 Å². The Hall–Kier alpha value is -3.52. The molecule has 0 radical (unpaired) electrons. The maximum absolute atomic E-state index is 13.4. The van der Waals surface area contributed by atoms with Crippen molar-refractivity contribution < 1.29 is 18.7 Å². The van der Waals surface area contributed by atoms with Gasteiger partial charge in [-0.25, -0.2) is 14.4 Å². The summed E-state index contributed by atoms with van der Waals surface area (Å²) in [7, 11) is 0. The molecule has 0 saturated heterocycles. The lowest BCUT2D eigenvalue weighted by atomic mass is 10.0. The molecular formula is C21H16ClFN4O3. The van der Waals surface area contributed by atoms with Crippen LogP contribution in [0.5, 0.6) is 11.6 Å². The van der Waals surface area contributed by atoms with Crippen LogP contribution in [0.25, 0.3) is 0 Å². The molecule has 0 spiro atoms. The predicted octanol–water partition coefficient (Wildman–Crippen LogP) is 3.99. The number of carbonyl (C=O) groups excluding carboxylic acids is 2. The van der Waals surface area contributed by atoms with Crippen molar-refractivity contribution in [1.29, 1.82) is 0 Å². The van der Waals surface area contributed by atoms with Crippen molar-refractivity contribution in [2.75, 3.05) is 4.90 Å². The lowest BCUT2D eigenvalue weighted by Crippen LogP contribution is -2.41. The van der Waals surface area contributed by atoms with Gasteiger partial charge in [-0.3, -0.25) is 14.5 Å². The first-order valence-corrected chi connectivity index (χ1v) is 9.42. The molecule has 1 aliphatic rings. The largest absolute Gasteiger partial charge is 0.439 e. The molecule has 0 unspecified atom stereocenters. The zero-order valence-electron chi connectivity index (χ0n) is 15.6. The minimum atomic E-state index is -1.23. The number of hydrogen-bond donors (Lipinski definition) is 1. The van der Waals surface area contributed by atoms with Crippen LogP contribution in [0.1, 0.15) is 12.8 Å². The topological polar surface area (TPSA) is 98.4 Å². The van der Waals surface area contributed by atoms with E-state index in [4.69, 9.17) is 22.1 Å². The Morgan fingerprint density at radius 1 is 1.03 bits per heavy atom. The first kappa shape index (κ1) is 19.8. The third kappa shape index (κ3) is 3.81. The average Bonchev–Trinajstić information content (AvgIpc) is 3.53. The van der Waals surface area contributed by atoms with Gasteiger partial charge in [0, 0.05) is 17.4 Å². The highest BCUT2D eigenvalue weighted by atomic mass is 35.5. The van der Waals surface area contributed by atoms with E-state index in [0.29, 0.717) is 30.0 Å². The summed E-state index contributed by atoms with van der Waals surface area (Å²) in [5.41, 5.74) is 5.15. The van der Waals surface area contributed by atoms with Gasteiger partial charge < -0.3 is 10.5 Å². The molecule has 0 atom stereocenters. The molecule has 30 heavy (non-hydrogen) atoms. The van der Waals surface area contributed by atoms with Gasteiger partial charge in [-0.15, -0.1) is 0 Å². The number of amides is 2. The van der Waals surface area contributed by atoms with Crippen molar-refractivity contribution in [3.63, 3.8) is 0 Å². The molecule has 152 valence electrons. The number of rotatable bonds is 6. The Bertz CT molecular complexity index is 1100. The van der Waals surface area contributed by atoms with Crippen LogP contribution >= 0.6 is 11.6 Å². The molecule has 2 N–H and O–H groups in total. The smallest absolute Gasteiger partial charge is 0.247 e. The SMILES string of the molecule is NC(=O)C1(C(=O)N(c2ccc(F)cc2)c2ccc(Oc3cc(Cl)ncn3)cc2)CC1. The third-order valence-corrected chi connectivity index (χ3v) is 5.05. The second kappa shape index (κ2) is 7.72. The molecule has 1 aromatic heterocycles. The Balaban J connectivity index is 1.66. The van der Waals surface area contributed by atoms with Crippen molar-refractivity contribution in [3.8, 4) is 11.6 Å². The first-order valence-electron chi connectivity index (χ1n) is 9.04. The molecular weight excluding hydrogens is 411 g/mol. The van der Waals surface area contributed by atoms with E-state index in [-0.39, 0.29) is 11.0 Å². The highest BCUT2D eigenvalue weighted by Crippen LogP contribution is 2.49. The number of ether oxygens (including phenoxy) is 1. The van der Waals surface area contributed by atoms with E-state index in [9.17, 15) is 14.0 Å². The minimum absolute atomic E-state index is 0.242. The van der Waals surface area contributed by atoms with Gasteiger partial charge >= 0.3 is 0 Å². The van der Waals surface area contributed by atoms with E-state index in [1.54, 1.807) is 24.3 Å². The second-order valence-corrected chi connectivity index (χ2v) is 7.23. The fourth-order valence-electron chi connectivity index (χ4n) is 3.04. The maximum atomic E-state index is 13.4. The van der Waals surface area contributed by atoms with E-state index < -0.39 is 23.0 Å². The summed E-state index contributed by atoms with van der Waals surface area (Å²) in [6, 6.07) is 13.5. The van der Waals surface area contributed by atoms with E-state index in [1.165, 1.54) is 41.6 Å². The molecule has 0 bridgehead atoms.